The zero-order valence-corrected chi connectivity index (χ0v) is 12.4. The summed E-state index contributed by atoms with van der Waals surface area (Å²) in [5, 5.41) is 0.794. The second kappa shape index (κ2) is 6.94. The maximum absolute atomic E-state index is 6.32. The molecule has 1 aromatic heterocycles. The molecule has 0 saturated heterocycles. The Morgan fingerprint density at radius 3 is 2.68 bits per heavy atom. The fourth-order valence-corrected chi connectivity index (χ4v) is 3.05. The van der Waals surface area contributed by atoms with Gasteiger partial charge in [0.25, 0.3) is 0 Å². The number of pyridine rings is 1. The summed E-state index contributed by atoms with van der Waals surface area (Å²) in [5.74, 6) is 0. The van der Waals surface area contributed by atoms with Crippen molar-refractivity contribution in [2.45, 2.75) is 35.6 Å². The molecule has 2 aromatic rings. The second-order valence-corrected chi connectivity index (χ2v) is 5.90. The van der Waals surface area contributed by atoms with Crippen LogP contribution in [0.1, 0.15) is 18.9 Å². The summed E-state index contributed by atoms with van der Waals surface area (Å²) in [6.45, 7) is 2.09. The van der Waals surface area contributed by atoms with Crippen LogP contribution in [0.15, 0.2) is 52.5 Å². The third kappa shape index (κ3) is 3.96. The Bertz CT molecular complexity index is 531. The molecule has 0 bridgehead atoms. The summed E-state index contributed by atoms with van der Waals surface area (Å²) in [4.78, 5) is 6.35. The number of hydrogen-bond acceptors (Lipinski definition) is 3. The summed E-state index contributed by atoms with van der Waals surface area (Å²) in [6, 6.07) is 10.1. The number of aromatic nitrogens is 1. The Morgan fingerprint density at radius 2 is 2.00 bits per heavy atom. The van der Waals surface area contributed by atoms with E-state index in [1.165, 1.54) is 4.90 Å². The van der Waals surface area contributed by atoms with Crippen molar-refractivity contribution in [3.63, 3.8) is 0 Å². The number of nitrogens with zero attached hydrogens (tertiary/aromatic N) is 1. The van der Waals surface area contributed by atoms with Crippen LogP contribution in [0, 0.1) is 0 Å². The molecule has 19 heavy (non-hydrogen) atoms. The molecule has 0 aliphatic carbocycles. The van der Waals surface area contributed by atoms with E-state index in [9.17, 15) is 0 Å². The quantitative estimate of drug-likeness (QED) is 0.899. The van der Waals surface area contributed by atoms with Crippen LogP contribution in [-0.4, -0.2) is 11.0 Å². The Labute approximate surface area is 123 Å². The van der Waals surface area contributed by atoms with Crippen molar-refractivity contribution < 1.29 is 0 Å². The highest BCUT2D eigenvalue weighted by Gasteiger charge is 2.11. The minimum atomic E-state index is 0.150. The smallest absolute Gasteiger partial charge is 0.0449 e. The van der Waals surface area contributed by atoms with Crippen LogP contribution in [0.3, 0.4) is 0 Å². The summed E-state index contributed by atoms with van der Waals surface area (Å²) in [6.07, 6.45) is 5.35. The van der Waals surface area contributed by atoms with Crippen molar-refractivity contribution in [3.8, 4) is 0 Å². The Hall–Kier alpha value is -1.03. The van der Waals surface area contributed by atoms with Gasteiger partial charge in [0.2, 0.25) is 0 Å². The SMILES string of the molecule is CCC(N)Cc1c(Cl)cccc1Sc1ccncc1. The summed E-state index contributed by atoms with van der Waals surface area (Å²) >= 11 is 8.02. The molecule has 2 N–H and O–H groups in total. The Balaban J connectivity index is 2.27. The molecule has 0 aliphatic heterocycles. The molecule has 4 heteroatoms. The van der Waals surface area contributed by atoms with Crippen LogP contribution in [0.25, 0.3) is 0 Å². The average molecular weight is 293 g/mol. The van der Waals surface area contributed by atoms with Crippen molar-refractivity contribution in [1.82, 2.24) is 4.98 Å². The standard InChI is InChI=1S/C15H17ClN2S/c1-2-11(17)10-13-14(16)4-3-5-15(13)19-12-6-8-18-9-7-12/h3-9,11H,2,10,17H2,1H3. The van der Waals surface area contributed by atoms with E-state index < -0.39 is 0 Å². The number of nitrogens with two attached hydrogens (primary N) is 1. The van der Waals surface area contributed by atoms with Crippen LogP contribution >= 0.6 is 23.4 Å². The van der Waals surface area contributed by atoms with Gasteiger partial charge in [0, 0.05) is 33.2 Å². The molecule has 1 unspecified atom stereocenters. The van der Waals surface area contributed by atoms with Gasteiger partial charge in [0.1, 0.15) is 0 Å². The van der Waals surface area contributed by atoms with Crippen molar-refractivity contribution in [3.05, 3.63) is 53.3 Å². The van der Waals surface area contributed by atoms with Gasteiger partial charge in [-0.2, -0.15) is 0 Å². The molecule has 0 radical (unpaired) electrons. The molecule has 0 spiro atoms. The number of benzene rings is 1. The molecule has 2 nitrogen and oxygen atoms in total. The number of hydrogen-bond donors (Lipinski definition) is 1. The zero-order valence-electron chi connectivity index (χ0n) is 10.8. The van der Waals surface area contributed by atoms with E-state index in [2.05, 4.69) is 18.0 Å². The zero-order chi connectivity index (χ0) is 13.7. The Kier molecular flexibility index (Phi) is 5.25. The number of halogens is 1. The van der Waals surface area contributed by atoms with E-state index in [4.69, 9.17) is 17.3 Å². The lowest BCUT2D eigenvalue weighted by atomic mass is 10.0. The van der Waals surface area contributed by atoms with E-state index in [-0.39, 0.29) is 6.04 Å². The van der Waals surface area contributed by atoms with Gasteiger partial charge in [0.15, 0.2) is 0 Å². The Morgan fingerprint density at radius 1 is 1.26 bits per heavy atom. The minimum absolute atomic E-state index is 0.150. The molecule has 100 valence electrons. The fraction of sp³-hybridized carbons (Fsp3) is 0.267. The molecule has 1 heterocycles. The summed E-state index contributed by atoms with van der Waals surface area (Å²) in [5.41, 5.74) is 7.20. The monoisotopic (exact) mass is 292 g/mol. The topological polar surface area (TPSA) is 38.9 Å². The van der Waals surface area contributed by atoms with Crippen molar-refractivity contribution in [2.24, 2.45) is 5.73 Å². The molecule has 0 amide bonds. The predicted octanol–water partition coefficient (Wildman–Crippen LogP) is 4.17. The lowest BCUT2D eigenvalue weighted by Crippen LogP contribution is -2.21. The average Bonchev–Trinajstić information content (AvgIpc) is 2.43. The van der Waals surface area contributed by atoms with E-state index >= 15 is 0 Å². The largest absolute Gasteiger partial charge is 0.327 e. The van der Waals surface area contributed by atoms with Crippen molar-refractivity contribution in [2.75, 3.05) is 0 Å². The van der Waals surface area contributed by atoms with Crippen LogP contribution < -0.4 is 5.73 Å². The van der Waals surface area contributed by atoms with Crippen LogP contribution in [0.5, 0.6) is 0 Å². The maximum Gasteiger partial charge on any atom is 0.0449 e. The predicted molar refractivity (Wildman–Crippen MR) is 81.8 cm³/mol. The van der Waals surface area contributed by atoms with Gasteiger partial charge in [-0.15, -0.1) is 0 Å². The van der Waals surface area contributed by atoms with Crippen molar-refractivity contribution >= 4 is 23.4 Å². The highest BCUT2D eigenvalue weighted by molar-refractivity contribution is 7.99. The third-order valence-electron chi connectivity index (χ3n) is 2.94. The van der Waals surface area contributed by atoms with Crippen LogP contribution in [0.2, 0.25) is 5.02 Å². The molecule has 0 fully saturated rings. The molecule has 0 saturated carbocycles. The molecule has 2 rings (SSSR count). The summed E-state index contributed by atoms with van der Waals surface area (Å²) < 4.78 is 0. The van der Waals surface area contributed by atoms with Gasteiger partial charge in [-0.3, -0.25) is 4.98 Å². The van der Waals surface area contributed by atoms with Gasteiger partial charge in [-0.25, -0.2) is 0 Å². The van der Waals surface area contributed by atoms with Gasteiger partial charge in [-0.05, 0) is 42.7 Å². The summed E-state index contributed by atoms with van der Waals surface area (Å²) in [7, 11) is 0. The van der Waals surface area contributed by atoms with E-state index in [0.29, 0.717) is 0 Å². The maximum atomic E-state index is 6.32. The molecule has 1 aromatic carbocycles. The molecular weight excluding hydrogens is 276 g/mol. The molecule has 0 aliphatic rings. The first-order chi connectivity index (χ1) is 9.20. The number of rotatable bonds is 5. The highest BCUT2D eigenvalue weighted by Crippen LogP contribution is 2.34. The molecule has 1 atom stereocenters. The van der Waals surface area contributed by atoms with E-state index in [1.807, 2.05) is 24.3 Å². The first kappa shape index (κ1) is 14.4. The first-order valence-electron chi connectivity index (χ1n) is 6.31. The van der Waals surface area contributed by atoms with Gasteiger partial charge in [0.05, 0.1) is 0 Å². The lowest BCUT2D eigenvalue weighted by Gasteiger charge is -2.14. The van der Waals surface area contributed by atoms with Gasteiger partial charge >= 0.3 is 0 Å². The highest BCUT2D eigenvalue weighted by atomic mass is 35.5. The third-order valence-corrected chi connectivity index (χ3v) is 4.41. The van der Waals surface area contributed by atoms with Crippen LogP contribution in [0.4, 0.5) is 0 Å². The normalized spacial score (nSPS) is 12.4. The second-order valence-electron chi connectivity index (χ2n) is 4.37. The van der Waals surface area contributed by atoms with E-state index in [0.717, 1.165) is 28.3 Å². The fourth-order valence-electron chi connectivity index (χ4n) is 1.77. The minimum Gasteiger partial charge on any atom is -0.327 e. The van der Waals surface area contributed by atoms with Gasteiger partial charge in [-0.1, -0.05) is 36.4 Å². The van der Waals surface area contributed by atoms with E-state index in [1.54, 1.807) is 24.2 Å². The molecular formula is C15H17ClN2S. The van der Waals surface area contributed by atoms with Crippen LogP contribution in [-0.2, 0) is 6.42 Å². The first-order valence-corrected chi connectivity index (χ1v) is 7.51. The lowest BCUT2D eigenvalue weighted by molar-refractivity contribution is 0.641. The van der Waals surface area contributed by atoms with Crippen molar-refractivity contribution in [1.29, 1.82) is 0 Å². The van der Waals surface area contributed by atoms with Gasteiger partial charge < -0.3 is 5.73 Å².